The molecule has 7 heteroatoms. The van der Waals surface area contributed by atoms with Crippen LogP contribution in [0, 0.1) is 0 Å². The maximum absolute atomic E-state index is 13.0. The number of nitrogens with zero attached hydrogens (tertiary/aromatic N) is 2. The fraction of sp³-hybridized carbons (Fsp3) is 0.333. The van der Waals surface area contributed by atoms with Crippen LogP contribution in [0.15, 0.2) is 69.9 Å². The molecule has 1 aromatic heterocycles. The van der Waals surface area contributed by atoms with Gasteiger partial charge in [-0.1, -0.05) is 60.7 Å². The van der Waals surface area contributed by atoms with Gasteiger partial charge in [0.05, 0.1) is 17.2 Å². The maximum Gasteiger partial charge on any atom is 0.278 e. The van der Waals surface area contributed by atoms with Crippen LogP contribution in [0.2, 0.25) is 0 Å². The third kappa shape index (κ3) is 3.88. The number of aryl methyl sites for hydroxylation is 1. The van der Waals surface area contributed by atoms with Gasteiger partial charge in [-0.15, -0.1) is 0 Å². The molecule has 2 aromatic carbocycles. The van der Waals surface area contributed by atoms with Crippen molar-refractivity contribution < 1.29 is 4.79 Å². The maximum atomic E-state index is 13.0. The molecule has 0 radical (unpaired) electrons. The Labute approximate surface area is 190 Å². The number of amides is 1. The SMILES string of the molecule is CNC(=O)C1(c2ccccc2)CCN(C(c2ccccc2)c2c(Br)c(=O)[nH]n2C)CC1. The van der Waals surface area contributed by atoms with E-state index in [2.05, 4.69) is 43.4 Å². The van der Waals surface area contributed by atoms with E-state index in [1.54, 1.807) is 11.7 Å². The van der Waals surface area contributed by atoms with E-state index >= 15 is 0 Å². The fourth-order valence-corrected chi connectivity index (χ4v) is 5.38. The normalized spacial score (nSPS) is 17.3. The first-order valence-corrected chi connectivity index (χ1v) is 11.3. The van der Waals surface area contributed by atoms with Gasteiger partial charge in [0.2, 0.25) is 5.91 Å². The van der Waals surface area contributed by atoms with Gasteiger partial charge in [0, 0.05) is 27.2 Å². The molecular weight excluding hydrogens is 456 g/mol. The standard InChI is InChI=1S/C24H27BrN4O2/c1-26-23(31)24(18-11-7-4-8-12-18)13-15-29(16-14-24)20(17-9-5-3-6-10-17)21-19(25)22(30)27-28(21)2/h3-12,20H,13-16H2,1-2H3,(H,26,31)(H,27,30). The number of piperidine rings is 1. The molecule has 1 aliphatic rings. The van der Waals surface area contributed by atoms with Gasteiger partial charge in [-0.2, -0.15) is 0 Å². The second-order valence-corrected chi connectivity index (χ2v) is 8.87. The van der Waals surface area contributed by atoms with Crippen molar-refractivity contribution >= 4 is 21.8 Å². The number of aromatic amines is 1. The summed E-state index contributed by atoms with van der Waals surface area (Å²) < 4.78 is 2.34. The average molecular weight is 483 g/mol. The van der Waals surface area contributed by atoms with Crippen LogP contribution in [0.3, 0.4) is 0 Å². The molecule has 1 aliphatic heterocycles. The summed E-state index contributed by atoms with van der Waals surface area (Å²) in [4.78, 5) is 27.7. The molecule has 0 bridgehead atoms. The Hall–Kier alpha value is -2.64. The van der Waals surface area contributed by atoms with E-state index in [9.17, 15) is 9.59 Å². The highest BCUT2D eigenvalue weighted by Crippen LogP contribution is 2.40. The van der Waals surface area contributed by atoms with E-state index in [0.717, 1.165) is 29.9 Å². The average Bonchev–Trinajstić information content (AvgIpc) is 3.07. The Balaban J connectivity index is 1.71. The first-order valence-electron chi connectivity index (χ1n) is 10.5. The minimum atomic E-state index is -0.547. The summed E-state index contributed by atoms with van der Waals surface area (Å²) in [7, 11) is 3.57. The summed E-state index contributed by atoms with van der Waals surface area (Å²) in [6.07, 6.45) is 1.41. The first-order chi connectivity index (χ1) is 15.0. The number of hydrogen-bond acceptors (Lipinski definition) is 3. The monoisotopic (exact) mass is 482 g/mol. The summed E-state index contributed by atoms with van der Waals surface area (Å²) in [6.45, 7) is 1.46. The molecule has 1 unspecified atom stereocenters. The minimum Gasteiger partial charge on any atom is -0.358 e. The predicted octanol–water partition coefficient (Wildman–Crippen LogP) is 3.35. The van der Waals surface area contributed by atoms with Gasteiger partial charge in [0.15, 0.2) is 0 Å². The predicted molar refractivity (Wildman–Crippen MR) is 125 cm³/mol. The number of halogens is 1. The number of likely N-dealkylation sites (tertiary alicyclic amines) is 1. The van der Waals surface area contributed by atoms with Crippen molar-refractivity contribution in [3.05, 3.63) is 92.3 Å². The zero-order valence-corrected chi connectivity index (χ0v) is 19.4. The number of aromatic nitrogens is 2. The van der Waals surface area contributed by atoms with Crippen molar-refractivity contribution in [2.24, 2.45) is 7.05 Å². The molecule has 0 saturated carbocycles. The molecule has 1 atom stereocenters. The van der Waals surface area contributed by atoms with Crippen molar-refractivity contribution in [3.8, 4) is 0 Å². The Bertz CT molecular complexity index is 1100. The topological polar surface area (TPSA) is 70.1 Å². The van der Waals surface area contributed by atoms with E-state index < -0.39 is 5.41 Å². The van der Waals surface area contributed by atoms with Crippen molar-refractivity contribution in [1.29, 1.82) is 0 Å². The number of carbonyl (C=O) groups excluding carboxylic acids is 1. The van der Waals surface area contributed by atoms with Crippen LogP contribution in [0.25, 0.3) is 0 Å². The fourth-order valence-electron chi connectivity index (χ4n) is 4.81. The first kappa shape index (κ1) is 21.6. The Morgan fingerprint density at radius 3 is 2.16 bits per heavy atom. The van der Waals surface area contributed by atoms with E-state index in [1.165, 1.54) is 0 Å². The molecule has 1 saturated heterocycles. The molecule has 0 spiro atoms. The summed E-state index contributed by atoms with van der Waals surface area (Å²) in [6, 6.07) is 20.2. The lowest BCUT2D eigenvalue weighted by atomic mass is 9.71. The van der Waals surface area contributed by atoms with Gasteiger partial charge >= 0.3 is 0 Å². The van der Waals surface area contributed by atoms with Crippen molar-refractivity contribution in [2.45, 2.75) is 24.3 Å². The summed E-state index contributed by atoms with van der Waals surface area (Å²) in [5.74, 6) is 0.0600. The lowest BCUT2D eigenvalue weighted by Crippen LogP contribution is -2.51. The van der Waals surface area contributed by atoms with E-state index in [1.807, 2.05) is 55.6 Å². The molecule has 1 fully saturated rings. The van der Waals surface area contributed by atoms with Crippen LogP contribution >= 0.6 is 15.9 Å². The van der Waals surface area contributed by atoms with Crippen LogP contribution in [0.5, 0.6) is 0 Å². The molecule has 2 N–H and O–H groups in total. The molecule has 4 rings (SSSR count). The molecule has 1 amide bonds. The highest BCUT2D eigenvalue weighted by molar-refractivity contribution is 9.10. The van der Waals surface area contributed by atoms with E-state index in [4.69, 9.17) is 0 Å². The second kappa shape index (κ2) is 8.85. The van der Waals surface area contributed by atoms with Crippen LogP contribution in [-0.2, 0) is 17.3 Å². The van der Waals surface area contributed by atoms with Crippen molar-refractivity contribution in [2.75, 3.05) is 20.1 Å². The van der Waals surface area contributed by atoms with Crippen LogP contribution < -0.4 is 10.9 Å². The highest BCUT2D eigenvalue weighted by Gasteiger charge is 2.44. The molecule has 3 aromatic rings. The van der Waals surface area contributed by atoms with E-state index in [-0.39, 0.29) is 17.5 Å². The quantitative estimate of drug-likeness (QED) is 0.585. The molecule has 31 heavy (non-hydrogen) atoms. The number of rotatable bonds is 5. The smallest absolute Gasteiger partial charge is 0.278 e. The van der Waals surface area contributed by atoms with Crippen LogP contribution in [0.1, 0.15) is 35.7 Å². The zero-order chi connectivity index (χ0) is 22.0. The number of nitrogens with one attached hydrogen (secondary N) is 2. The summed E-state index contributed by atoms with van der Waals surface area (Å²) >= 11 is 3.50. The van der Waals surface area contributed by atoms with Crippen molar-refractivity contribution in [1.82, 2.24) is 20.0 Å². The number of benzene rings is 2. The minimum absolute atomic E-state index is 0.0600. The van der Waals surface area contributed by atoms with Gasteiger partial charge in [-0.3, -0.25) is 24.3 Å². The number of carbonyl (C=O) groups is 1. The van der Waals surface area contributed by atoms with Crippen LogP contribution in [0.4, 0.5) is 0 Å². The number of likely N-dealkylation sites (N-methyl/N-ethyl adjacent to an activating group) is 1. The third-order valence-corrected chi connectivity index (χ3v) is 7.20. The molecule has 2 heterocycles. The molecule has 0 aliphatic carbocycles. The van der Waals surface area contributed by atoms with Gasteiger partial charge < -0.3 is 5.32 Å². The van der Waals surface area contributed by atoms with Crippen LogP contribution in [-0.4, -0.2) is 40.7 Å². The molecule has 6 nitrogen and oxygen atoms in total. The lowest BCUT2D eigenvalue weighted by molar-refractivity contribution is -0.128. The zero-order valence-electron chi connectivity index (χ0n) is 17.8. The number of hydrogen-bond donors (Lipinski definition) is 2. The Morgan fingerprint density at radius 1 is 1.06 bits per heavy atom. The third-order valence-electron chi connectivity index (χ3n) is 6.43. The Kier molecular flexibility index (Phi) is 6.16. The van der Waals surface area contributed by atoms with Gasteiger partial charge in [0.25, 0.3) is 5.56 Å². The van der Waals surface area contributed by atoms with Gasteiger partial charge in [-0.05, 0) is 39.9 Å². The largest absolute Gasteiger partial charge is 0.358 e. The second-order valence-electron chi connectivity index (χ2n) is 8.08. The summed E-state index contributed by atoms with van der Waals surface area (Å²) in [5, 5.41) is 5.75. The summed E-state index contributed by atoms with van der Waals surface area (Å²) in [5.41, 5.74) is 2.38. The number of H-pyrrole nitrogens is 1. The van der Waals surface area contributed by atoms with E-state index in [0.29, 0.717) is 17.3 Å². The molecule has 162 valence electrons. The van der Waals surface area contributed by atoms with Gasteiger partial charge in [-0.25, -0.2) is 0 Å². The Morgan fingerprint density at radius 2 is 1.65 bits per heavy atom. The van der Waals surface area contributed by atoms with Crippen molar-refractivity contribution in [3.63, 3.8) is 0 Å². The highest BCUT2D eigenvalue weighted by atomic mass is 79.9. The van der Waals surface area contributed by atoms with Gasteiger partial charge in [0.1, 0.15) is 4.47 Å². The lowest BCUT2D eigenvalue weighted by Gasteiger charge is -2.44. The molecular formula is C24H27BrN4O2.